The van der Waals surface area contributed by atoms with Crippen molar-refractivity contribution in [3.8, 4) is 0 Å². The number of hydrogen-bond donors (Lipinski definition) is 2. The van der Waals surface area contributed by atoms with Gasteiger partial charge < -0.3 is 16.0 Å². The molecule has 1 atom stereocenters. The predicted molar refractivity (Wildman–Crippen MR) is 96.9 cm³/mol. The molecule has 4 nitrogen and oxygen atoms in total. The van der Waals surface area contributed by atoms with E-state index >= 15 is 0 Å². The van der Waals surface area contributed by atoms with Gasteiger partial charge >= 0.3 is 0 Å². The van der Waals surface area contributed by atoms with Crippen LogP contribution in [0.5, 0.6) is 0 Å². The Morgan fingerprint density at radius 1 is 1.41 bits per heavy atom. The van der Waals surface area contributed by atoms with Crippen LogP contribution in [-0.4, -0.2) is 31.6 Å². The number of guanidine groups is 1. The number of anilines is 1. The Labute approximate surface area is 147 Å². The maximum atomic E-state index is 13.3. The van der Waals surface area contributed by atoms with Crippen molar-refractivity contribution in [2.75, 3.05) is 24.5 Å². The zero-order valence-corrected chi connectivity index (χ0v) is 15.2. The van der Waals surface area contributed by atoms with Gasteiger partial charge in [0.25, 0.3) is 0 Å². The third kappa shape index (κ3) is 5.26. The summed E-state index contributed by atoms with van der Waals surface area (Å²) in [5.74, 6) is -0.784. The normalized spacial score (nSPS) is 18.5. The van der Waals surface area contributed by atoms with Crippen LogP contribution >= 0.6 is 24.0 Å². The van der Waals surface area contributed by atoms with Crippen molar-refractivity contribution >= 4 is 35.6 Å². The molecule has 1 aromatic carbocycles. The summed E-state index contributed by atoms with van der Waals surface area (Å²) in [6.45, 7) is 6.25. The molecule has 1 fully saturated rings. The number of nitrogens with one attached hydrogen (secondary N) is 1. The highest BCUT2D eigenvalue weighted by Crippen LogP contribution is 2.25. The summed E-state index contributed by atoms with van der Waals surface area (Å²) in [5, 5.41) is 3.05. The fourth-order valence-corrected chi connectivity index (χ4v) is 2.47. The van der Waals surface area contributed by atoms with Gasteiger partial charge in [0.2, 0.25) is 0 Å². The molecule has 2 rings (SSSR count). The van der Waals surface area contributed by atoms with Gasteiger partial charge in [-0.15, -0.1) is 24.0 Å². The fourth-order valence-electron chi connectivity index (χ4n) is 2.47. The van der Waals surface area contributed by atoms with Gasteiger partial charge in [-0.1, -0.05) is 0 Å². The molecule has 1 aromatic rings. The van der Waals surface area contributed by atoms with E-state index in [-0.39, 0.29) is 30.0 Å². The first-order valence-electron chi connectivity index (χ1n) is 7.22. The standard InChI is InChI=1S/C15H22F2N4.HI/c1-10(2)20-15(18)19-8-11-5-6-21(9-11)12-3-4-13(16)14(17)7-12;/h3-4,7,10-11H,5-6,8-9H2,1-2H3,(H3,18,19,20);1H. The number of nitrogens with zero attached hydrogens (tertiary/aromatic N) is 2. The molecule has 3 N–H and O–H groups in total. The Morgan fingerprint density at radius 2 is 2.14 bits per heavy atom. The van der Waals surface area contributed by atoms with Crippen LogP contribution in [0.3, 0.4) is 0 Å². The maximum Gasteiger partial charge on any atom is 0.188 e. The Morgan fingerprint density at radius 3 is 2.77 bits per heavy atom. The lowest BCUT2D eigenvalue weighted by Gasteiger charge is -2.18. The van der Waals surface area contributed by atoms with Gasteiger partial charge in [0.05, 0.1) is 0 Å². The van der Waals surface area contributed by atoms with Crippen LogP contribution in [0, 0.1) is 17.6 Å². The summed E-state index contributed by atoms with van der Waals surface area (Å²) in [6, 6.07) is 4.28. The Kier molecular flexibility index (Phi) is 7.31. The molecule has 1 saturated heterocycles. The third-order valence-corrected chi connectivity index (χ3v) is 3.51. The number of benzene rings is 1. The van der Waals surface area contributed by atoms with Crippen LogP contribution in [0.15, 0.2) is 23.2 Å². The molecule has 0 bridgehead atoms. The van der Waals surface area contributed by atoms with E-state index in [1.807, 2.05) is 13.8 Å². The van der Waals surface area contributed by atoms with Crippen molar-refractivity contribution in [2.45, 2.75) is 26.3 Å². The van der Waals surface area contributed by atoms with Gasteiger partial charge in [0, 0.05) is 37.4 Å². The van der Waals surface area contributed by atoms with Gasteiger partial charge in [-0.05, 0) is 38.3 Å². The van der Waals surface area contributed by atoms with Crippen LogP contribution in [0.2, 0.25) is 0 Å². The van der Waals surface area contributed by atoms with Crippen LogP contribution < -0.4 is 16.0 Å². The predicted octanol–water partition coefficient (Wildman–Crippen LogP) is 2.72. The summed E-state index contributed by atoms with van der Waals surface area (Å²) in [6.07, 6.45) is 0.970. The van der Waals surface area contributed by atoms with Crippen molar-refractivity contribution in [3.05, 3.63) is 29.8 Å². The molecule has 0 aromatic heterocycles. The van der Waals surface area contributed by atoms with E-state index in [1.165, 1.54) is 12.1 Å². The summed E-state index contributed by atoms with van der Waals surface area (Å²) in [5.41, 5.74) is 6.49. The van der Waals surface area contributed by atoms with Gasteiger partial charge in [0.1, 0.15) is 0 Å². The average molecular weight is 424 g/mol. The van der Waals surface area contributed by atoms with Crippen molar-refractivity contribution in [1.29, 1.82) is 0 Å². The summed E-state index contributed by atoms with van der Waals surface area (Å²) < 4.78 is 26.2. The molecule has 7 heteroatoms. The Balaban J connectivity index is 0.00000242. The molecule has 1 unspecified atom stereocenters. The molecule has 0 saturated carbocycles. The zero-order valence-electron chi connectivity index (χ0n) is 12.9. The average Bonchev–Trinajstić information content (AvgIpc) is 2.88. The van der Waals surface area contributed by atoms with Gasteiger partial charge in [0.15, 0.2) is 17.6 Å². The lowest BCUT2D eigenvalue weighted by Crippen LogP contribution is -2.37. The molecule has 0 aliphatic carbocycles. The van der Waals surface area contributed by atoms with E-state index in [1.54, 1.807) is 6.07 Å². The Hall–Kier alpha value is -1.12. The van der Waals surface area contributed by atoms with E-state index in [9.17, 15) is 8.78 Å². The molecule has 0 radical (unpaired) electrons. The molecule has 0 amide bonds. The van der Waals surface area contributed by atoms with Crippen molar-refractivity contribution in [1.82, 2.24) is 5.32 Å². The number of halogens is 3. The minimum atomic E-state index is -0.813. The second-order valence-corrected chi connectivity index (χ2v) is 5.72. The summed E-state index contributed by atoms with van der Waals surface area (Å²) in [7, 11) is 0. The van der Waals surface area contributed by atoms with Crippen LogP contribution in [0.4, 0.5) is 14.5 Å². The summed E-state index contributed by atoms with van der Waals surface area (Å²) in [4.78, 5) is 6.38. The van der Waals surface area contributed by atoms with E-state index < -0.39 is 11.6 Å². The molecular formula is C15H23F2IN4. The van der Waals surface area contributed by atoms with Crippen LogP contribution in [0.1, 0.15) is 20.3 Å². The van der Waals surface area contributed by atoms with Gasteiger partial charge in [-0.2, -0.15) is 0 Å². The van der Waals surface area contributed by atoms with E-state index in [2.05, 4.69) is 15.2 Å². The molecule has 124 valence electrons. The third-order valence-electron chi connectivity index (χ3n) is 3.51. The van der Waals surface area contributed by atoms with Crippen molar-refractivity contribution < 1.29 is 8.78 Å². The highest BCUT2D eigenvalue weighted by atomic mass is 127. The molecule has 1 aliphatic rings. The second-order valence-electron chi connectivity index (χ2n) is 5.72. The lowest BCUT2D eigenvalue weighted by atomic mass is 10.1. The lowest BCUT2D eigenvalue weighted by molar-refractivity contribution is 0.508. The molecule has 1 aliphatic heterocycles. The Bertz CT molecular complexity index is 522. The smallest absolute Gasteiger partial charge is 0.188 e. The molecule has 22 heavy (non-hydrogen) atoms. The molecular weight excluding hydrogens is 401 g/mol. The van der Waals surface area contributed by atoms with Crippen LogP contribution in [-0.2, 0) is 0 Å². The van der Waals surface area contributed by atoms with Crippen molar-refractivity contribution in [3.63, 3.8) is 0 Å². The van der Waals surface area contributed by atoms with Gasteiger partial charge in [-0.25, -0.2) is 8.78 Å². The number of hydrogen-bond acceptors (Lipinski definition) is 2. The zero-order chi connectivity index (χ0) is 15.4. The fraction of sp³-hybridized carbons (Fsp3) is 0.533. The van der Waals surface area contributed by atoms with E-state index in [0.29, 0.717) is 24.1 Å². The van der Waals surface area contributed by atoms with E-state index in [0.717, 1.165) is 19.5 Å². The van der Waals surface area contributed by atoms with E-state index in [4.69, 9.17) is 5.73 Å². The summed E-state index contributed by atoms with van der Waals surface area (Å²) >= 11 is 0. The SMILES string of the molecule is CC(C)NC(N)=NCC1CCN(c2ccc(F)c(F)c2)C1.I. The monoisotopic (exact) mass is 424 g/mol. The van der Waals surface area contributed by atoms with Crippen molar-refractivity contribution in [2.24, 2.45) is 16.6 Å². The largest absolute Gasteiger partial charge is 0.371 e. The van der Waals surface area contributed by atoms with Gasteiger partial charge in [-0.3, -0.25) is 4.99 Å². The maximum absolute atomic E-state index is 13.3. The topological polar surface area (TPSA) is 53.6 Å². The quantitative estimate of drug-likeness (QED) is 0.444. The minimum Gasteiger partial charge on any atom is -0.371 e. The first-order valence-corrected chi connectivity index (χ1v) is 7.22. The second kappa shape index (κ2) is 8.50. The molecule has 0 spiro atoms. The first-order chi connectivity index (χ1) is 9.95. The first kappa shape index (κ1) is 18.9. The minimum absolute atomic E-state index is 0. The number of nitrogens with two attached hydrogens (primary N) is 1. The number of aliphatic imine (C=N–C) groups is 1. The highest BCUT2D eigenvalue weighted by Gasteiger charge is 2.23. The molecule has 1 heterocycles. The highest BCUT2D eigenvalue weighted by molar-refractivity contribution is 14.0. The number of rotatable bonds is 4. The van der Waals surface area contributed by atoms with Crippen LogP contribution in [0.25, 0.3) is 0 Å².